The van der Waals surface area contributed by atoms with Gasteiger partial charge in [-0.2, -0.15) is 0 Å². The van der Waals surface area contributed by atoms with E-state index in [1.807, 2.05) is 0 Å². The lowest BCUT2D eigenvalue weighted by molar-refractivity contribution is -0.148. The van der Waals surface area contributed by atoms with Gasteiger partial charge in [-0.1, -0.05) is 18.2 Å². The van der Waals surface area contributed by atoms with Crippen molar-refractivity contribution in [2.75, 3.05) is 0 Å². The average Bonchev–Trinajstić information content (AvgIpc) is 2.08. The van der Waals surface area contributed by atoms with Crippen LogP contribution in [0.3, 0.4) is 0 Å². The Balaban J connectivity index is 3.15. The molecule has 0 spiro atoms. The molecule has 0 radical (unpaired) electrons. The van der Waals surface area contributed by atoms with Gasteiger partial charge < -0.3 is 10.2 Å². The quantitative estimate of drug-likeness (QED) is 0.687. The summed E-state index contributed by atoms with van der Waals surface area (Å²) in [5.41, 5.74) is 0. The Morgan fingerprint density at radius 3 is 2.43 bits per heavy atom. The summed E-state index contributed by atoms with van der Waals surface area (Å²) in [4.78, 5) is 21.8. The van der Waals surface area contributed by atoms with E-state index in [4.69, 9.17) is 10.2 Å². The van der Waals surface area contributed by atoms with Gasteiger partial charge in [-0.3, -0.25) is 9.59 Å². The van der Waals surface area contributed by atoms with Gasteiger partial charge in [-0.05, 0) is 5.31 Å². The fourth-order valence-electron chi connectivity index (χ4n) is 1.20. The maximum absolute atomic E-state index is 10.9. The Kier molecular flexibility index (Phi) is 3.08. The Morgan fingerprint density at radius 1 is 1.43 bits per heavy atom. The molecule has 6 heteroatoms. The Morgan fingerprint density at radius 2 is 2.00 bits per heavy atom. The number of rotatable bonds is 2. The summed E-state index contributed by atoms with van der Waals surface area (Å²) in [6.07, 6.45) is 4.36. The van der Waals surface area contributed by atoms with E-state index in [0.29, 0.717) is 5.31 Å². The van der Waals surface area contributed by atoms with E-state index in [2.05, 4.69) is 18.5 Å². The zero-order valence-corrected chi connectivity index (χ0v) is 9.48. The first kappa shape index (κ1) is 11.4. The van der Waals surface area contributed by atoms with Crippen LogP contribution in [0.4, 0.5) is 0 Å². The number of aliphatic carboxylic acids is 2. The molecular formula is C8H10O4P2. The number of carbonyl (C=O) groups is 2. The third kappa shape index (κ3) is 1.87. The van der Waals surface area contributed by atoms with Crippen LogP contribution in [-0.4, -0.2) is 27.3 Å². The van der Waals surface area contributed by atoms with Gasteiger partial charge >= 0.3 is 11.9 Å². The van der Waals surface area contributed by atoms with E-state index in [9.17, 15) is 9.59 Å². The molecule has 14 heavy (non-hydrogen) atoms. The number of allylic oxidation sites excluding steroid dienone is 2. The van der Waals surface area contributed by atoms with Crippen molar-refractivity contribution >= 4 is 30.4 Å². The minimum atomic E-state index is -1.44. The molecule has 0 fully saturated rings. The van der Waals surface area contributed by atoms with Crippen LogP contribution < -0.4 is 0 Å². The average molecular weight is 232 g/mol. The van der Waals surface area contributed by atoms with E-state index >= 15 is 0 Å². The lowest BCUT2D eigenvalue weighted by Crippen LogP contribution is -2.42. The molecule has 0 bridgehead atoms. The molecule has 0 heterocycles. The zero-order chi connectivity index (χ0) is 10.9. The molecule has 0 aromatic carbocycles. The second kappa shape index (κ2) is 3.80. The summed E-state index contributed by atoms with van der Waals surface area (Å²) in [5, 5.41) is 17.0. The lowest BCUT2D eigenvalue weighted by Gasteiger charge is -2.28. The molecule has 4 nitrogen and oxygen atoms in total. The van der Waals surface area contributed by atoms with E-state index < -0.39 is 23.0 Å². The fraction of sp³-hybridized carbons (Fsp3) is 0.250. The molecular weight excluding hydrogens is 222 g/mol. The number of carboxylic acids is 2. The third-order valence-electron chi connectivity index (χ3n) is 2.06. The van der Waals surface area contributed by atoms with Gasteiger partial charge in [0.25, 0.3) is 0 Å². The number of carboxylic acid groups (broad SMARTS) is 2. The molecule has 0 amide bonds. The van der Waals surface area contributed by atoms with E-state index in [-0.39, 0.29) is 0 Å². The largest absolute Gasteiger partial charge is 0.481 e. The van der Waals surface area contributed by atoms with Crippen molar-refractivity contribution in [3.63, 3.8) is 0 Å². The molecule has 0 aliphatic heterocycles. The molecule has 76 valence electrons. The van der Waals surface area contributed by atoms with Crippen molar-refractivity contribution in [1.82, 2.24) is 0 Å². The van der Waals surface area contributed by atoms with Crippen molar-refractivity contribution in [1.29, 1.82) is 0 Å². The number of hydrogen-bond donors (Lipinski definition) is 2. The highest BCUT2D eigenvalue weighted by Gasteiger charge is 2.44. The fourth-order valence-corrected chi connectivity index (χ4v) is 1.83. The maximum atomic E-state index is 10.9. The van der Waals surface area contributed by atoms with Crippen LogP contribution in [0, 0.1) is 5.92 Å². The number of hydrogen-bond acceptors (Lipinski definition) is 2. The molecule has 0 aromatic heterocycles. The van der Waals surface area contributed by atoms with Gasteiger partial charge in [0.05, 0.1) is 5.92 Å². The van der Waals surface area contributed by atoms with Crippen molar-refractivity contribution in [2.45, 2.75) is 5.16 Å². The van der Waals surface area contributed by atoms with Gasteiger partial charge in [-0.25, -0.2) is 0 Å². The van der Waals surface area contributed by atoms with Crippen LogP contribution in [0.1, 0.15) is 0 Å². The predicted molar refractivity (Wildman–Crippen MR) is 58.1 cm³/mol. The van der Waals surface area contributed by atoms with Crippen molar-refractivity contribution in [2.24, 2.45) is 5.92 Å². The van der Waals surface area contributed by atoms with Crippen molar-refractivity contribution in [3.8, 4) is 0 Å². The van der Waals surface area contributed by atoms with Crippen LogP contribution in [-0.2, 0) is 9.59 Å². The van der Waals surface area contributed by atoms with E-state index in [0.717, 1.165) is 0 Å². The molecule has 4 unspecified atom stereocenters. The summed E-state index contributed by atoms with van der Waals surface area (Å²) < 4.78 is 0. The van der Waals surface area contributed by atoms with Crippen molar-refractivity contribution in [3.05, 3.63) is 23.5 Å². The molecule has 0 saturated heterocycles. The summed E-state index contributed by atoms with van der Waals surface area (Å²) in [5.74, 6) is -3.37. The highest BCUT2D eigenvalue weighted by atomic mass is 31.0. The smallest absolute Gasteiger partial charge is 0.318 e. The Labute approximate surface area is 85.5 Å². The van der Waals surface area contributed by atoms with Crippen LogP contribution in [0.5, 0.6) is 0 Å². The maximum Gasteiger partial charge on any atom is 0.318 e. The highest BCUT2D eigenvalue weighted by Crippen LogP contribution is 2.37. The minimum Gasteiger partial charge on any atom is -0.481 e. The van der Waals surface area contributed by atoms with Crippen LogP contribution in [0.15, 0.2) is 23.5 Å². The topological polar surface area (TPSA) is 74.6 Å². The predicted octanol–water partition coefficient (Wildman–Crippen LogP) is 0.714. The van der Waals surface area contributed by atoms with Gasteiger partial charge in [0.2, 0.25) is 0 Å². The van der Waals surface area contributed by atoms with Crippen LogP contribution in [0.2, 0.25) is 0 Å². The van der Waals surface area contributed by atoms with Gasteiger partial charge in [0, 0.05) is 0 Å². The zero-order valence-electron chi connectivity index (χ0n) is 7.18. The first-order valence-electron chi connectivity index (χ1n) is 3.79. The Hall–Kier alpha value is -0.720. The minimum absolute atomic E-state index is 0.678. The molecule has 1 aliphatic carbocycles. The Bertz CT molecular complexity index is 347. The first-order valence-corrected chi connectivity index (χ1v) is 4.95. The second-order valence-electron chi connectivity index (χ2n) is 3.05. The first-order chi connectivity index (χ1) is 6.38. The summed E-state index contributed by atoms with van der Waals surface area (Å²) >= 11 is 0. The lowest BCUT2D eigenvalue weighted by atomic mass is 9.87. The van der Waals surface area contributed by atoms with E-state index in [1.54, 1.807) is 6.08 Å². The molecule has 2 N–H and O–H groups in total. The molecule has 1 rings (SSSR count). The van der Waals surface area contributed by atoms with Crippen LogP contribution >= 0.6 is 18.5 Å². The second-order valence-corrected chi connectivity index (χ2v) is 4.68. The summed E-state index contributed by atoms with van der Waals surface area (Å²) in [6, 6.07) is 0. The molecule has 0 aromatic rings. The SMILES string of the molecule is O=C(O)C1C=C(P)C=CC1(P)C(=O)O. The van der Waals surface area contributed by atoms with Gasteiger partial charge in [-0.15, -0.1) is 18.5 Å². The normalized spacial score (nSPS) is 31.0. The van der Waals surface area contributed by atoms with Gasteiger partial charge in [0.1, 0.15) is 5.16 Å². The van der Waals surface area contributed by atoms with E-state index in [1.165, 1.54) is 12.2 Å². The molecule has 0 saturated carbocycles. The van der Waals surface area contributed by atoms with Crippen molar-refractivity contribution < 1.29 is 19.8 Å². The third-order valence-corrected chi connectivity index (χ3v) is 3.25. The molecule has 1 aliphatic rings. The standard InChI is InChI=1S/C8H10O4P2/c9-6(10)5-3-4(13)1-2-8(5,14)7(11)12/h1-3,5H,13-14H2,(H,9,10)(H,11,12). The molecule has 4 atom stereocenters. The summed E-state index contributed by atoms with van der Waals surface area (Å²) in [7, 11) is 4.43. The van der Waals surface area contributed by atoms with Crippen LogP contribution in [0.25, 0.3) is 0 Å². The monoisotopic (exact) mass is 232 g/mol. The highest BCUT2D eigenvalue weighted by molar-refractivity contribution is 7.23. The van der Waals surface area contributed by atoms with Gasteiger partial charge in [0.15, 0.2) is 0 Å². The summed E-state index contributed by atoms with van der Waals surface area (Å²) in [6.45, 7) is 0.